The zero-order valence-corrected chi connectivity index (χ0v) is 11.4. The summed E-state index contributed by atoms with van der Waals surface area (Å²) in [5.41, 5.74) is 1.42. The molecule has 0 aromatic carbocycles. The molecule has 0 aliphatic rings. The van der Waals surface area contributed by atoms with Gasteiger partial charge in [0.1, 0.15) is 0 Å². The number of fused-ring (bicyclic) bond motifs is 2. The van der Waals surface area contributed by atoms with E-state index in [-0.39, 0.29) is 0 Å². The highest BCUT2D eigenvalue weighted by Gasteiger charge is 2.11. The summed E-state index contributed by atoms with van der Waals surface area (Å²) in [5.74, 6) is 0. The van der Waals surface area contributed by atoms with E-state index in [0.717, 1.165) is 0 Å². The quantitative estimate of drug-likeness (QED) is 0.406. The Hall–Kier alpha value is -0.680. The predicted octanol–water partition coefficient (Wildman–Crippen LogP) is 5.91. The summed E-state index contributed by atoms with van der Waals surface area (Å²) in [7, 11) is 0. The van der Waals surface area contributed by atoms with Gasteiger partial charge in [0.25, 0.3) is 0 Å². The van der Waals surface area contributed by atoms with Gasteiger partial charge in [0.05, 0.1) is 4.70 Å². The third-order valence-corrected chi connectivity index (χ3v) is 6.73. The van der Waals surface area contributed by atoms with E-state index in [1.165, 1.54) is 29.2 Å². The fourth-order valence-corrected chi connectivity index (χ4v) is 6.22. The van der Waals surface area contributed by atoms with Crippen LogP contribution < -0.4 is 0 Å². The van der Waals surface area contributed by atoms with Gasteiger partial charge in [-0.3, -0.25) is 0 Å². The lowest BCUT2D eigenvalue weighted by molar-refractivity contribution is 2.04. The van der Waals surface area contributed by atoms with Crippen LogP contribution >= 0.6 is 45.3 Å². The molecule has 0 unspecified atom stereocenters. The Morgan fingerprint density at radius 3 is 2.62 bits per heavy atom. The van der Waals surface area contributed by atoms with Crippen LogP contribution in [-0.2, 0) is 0 Å². The van der Waals surface area contributed by atoms with E-state index >= 15 is 0 Å². The first-order chi connectivity index (χ1) is 7.92. The van der Waals surface area contributed by atoms with Crippen molar-refractivity contribution < 1.29 is 0 Å². The van der Waals surface area contributed by atoms with Gasteiger partial charge >= 0.3 is 0 Å². The van der Waals surface area contributed by atoms with Gasteiger partial charge in [0.15, 0.2) is 0 Å². The highest BCUT2D eigenvalue weighted by Crippen LogP contribution is 2.43. The second-order valence-corrected chi connectivity index (χ2v) is 7.38. The zero-order valence-electron chi connectivity index (χ0n) is 8.10. The van der Waals surface area contributed by atoms with Crippen LogP contribution in [0.3, 0.4) is 0 Å². The number of hydrogen-bond donors (Lipinski definition) is 0. The van der Waals surface area contributed by atoms with Gasteiger partial charge in [-0.15, -0.1) is 45.3 Å². The average Bonchev–Trinajstić information content (AvgIpc) is 2.95. The SMILES string of the molecule is c1cc2sc(-c3csc4ccsc34)cc2s1. The molecular formula is C12H6S4. The smallest absolute Gasteiger partial charge is 0.0537 e. The molecule has 0 saturated heterocycles. The van der Waals surface area contributed by atoms with Crippen molar-refractivity contribution in [1.82, 2.24) is 0 Å². The van der Waals surface area contributed by atoms with Gasteiger partial charge in [-0.2, -0.15) is 0 Å². The topological polar surface area (TPSA) is 0 Å². The van der Waals surface area contributed by atoms with Gasteiger partial charge < -0.3 is 0 Å². The molecule has 0 radical (unpaired) electrons. The minimum Gasteiger partial charge on any atom is -0.143 e. The summed E-state index contributed by atoms with van der Waals surface area (Å²) in [6, 6.07) is 6.75. The molecule has 0 nitrogen and oxygen atoms in total. The molecule has 0 bridgehead atoms. The molecule has 4 rings (SSSR count). The van der Waals surface area contributed by atoms with Crippen molar-refractivity contribution in [2.75, 3.05) is 0 Å². The Morgan fingerprint density at radius 2 is 1.69 bits per heavy atom. The van der Waals surface area contributed by atoms with Crippen molar-refractivity contribution in [3.8, 4) is 10.4 Å². The lowest BCUT2D eigenvalue weighted by atomic mass is 10.3. The first-order valence-electron chi connectivity index (χ1n) is 4.84. The number of hydrogen-bond acceptors (Lipinski definition) is 4. The molecule has 16 heavy (non-hydrogen) atoms. The third-order valence-electron chi connectivity index (χ3n) is 2.58. The average molecular weight is 278 g/mol. The molecule has 0 saturated carbocycles. The van der Waals surface area contributed by atoms with Crippen LogP contribution in [0.4, 0.5) is 0 Å². The highest BCUT2D eigenvalue weighted by atomic mass is 32.1. The van der Waals surface area contributed by atoms with E-state index < -0.39 is 0 Å². The van der Waals surface area contributed by atoms with Crippen LogP contribution in [-0.4, -0.2) is 0 Å². The van der Waals surface area contributed by atoms with E-state index in [9.17, 15) is 0 Å². The van der Waals surface area contributed by atoms with Crippen molar-refractivity contribution in [2.24, 2.45) is 0 Å². The molecular weight excluding hydrogens is 272 g/mol. The second-order valence-electron chi connectivity index (χ2n) is 3.52. The molecule has 0 fully saturated rings. The summed E-state index contributed by atoms with van der Waals surface area (Å²) in [6.45, 7) is 0. The summed E-state index contributed by atoms with van der Waals surface area (Å²) >= 11 is 7.43. The molecule has 0 aliphatic carbocycles. The molecule has 4 heteroatoms. The Labute approximate surface area is 108 Å². The molecule has 0 amide bonds. The summed E-state index contributed by atoms with van der Waals surface area (Å²) in [4.78, 5) is 1.41. The van der Waals surface area contributed by atoms with Crippen LogP contribution in [0, 0.1) is 0 Å². The van der Waals surface area contributed by atoms with Gasteiger partial charge in [0, 0.05) is 29.9 Å². The third kappa shape index (κ3) is 1.24. The Morgan fingerprint density at radius 1 is 0.812 bits per heavy atom. The van der Waals surface area contributed by atoms with Gasteiger partial charge in [-0.25, -0.2) is 0 Å². The number of thiophene rings is 4. The van der Waals surface area contributed by atoms with Crippen molar-refractivity contribution in [2.45, 2.75) is 0 Å². The van der Waals surface area contributed by atoms with Crippen molar-refractivity contribution in [3.63, 3.8) is 0 Å². The summed E-state index contributed by atoms with van der Waals surface area (Å²) in [6.07, 6.45) is 0. The maximum Gasteiger partial charge on any atom is 0.0537 e. The fourth-order valence-electron chi connectivity index (χ4n) is 1.83. The van der Waals surface area contributed by atoms with Crippen LogP contribution in [0.1, 0.15) is 0 Å². The standard InChI is InChI=1S/C12H6S4/c1-3-13-11-5-10(16-8(1)11)7-6-15-9-2-4-14-12(7)9/h1-6H. The Kier molecular flexibility index (Phi) is 1.99. The van der Waals surface area contributed by atoms with Crippen molar-refractivity contribution >= 4 is 64.1 Å². The van der Waals surface area contributed by atoms with E-state index in [1.54, 1.807) is 0 Å². The van der Waals surface area contributed by atoms with Crippen LogP contribution in [0.15, 0.2) is 34.3 Å². The normalized spacial score (nSPS) is 11.8. The van der Waals surface area contributed by atoms with E-state index in [0.29, 0.717) is 0 Å². The van der Waals surface area contributed by atoms with Gasteiger partial charge in [-0.1, -0.05) is 0 Å². The van der Waals surface area contributed by atoms with Crippen molar-refractivity contribution in [3.05, 3.63) is 34.3 Å². The molecule has 4 heterocycles. The Balaban J connectivity index is 2.03. The molecule has 78 valence electrons. The van der Waals surface area contributed by atoms with Crippen LogP contribution in [0.5, 0.6) is 0 Å². The highest BCUT2D eigenvalue weighted by molar-refractivity contribution is 7.30. The van der Waals surface area contributed by atoms with Crippen LogP contribution in [0.25, 0.3) is 29.2 Å². The molecule has 0 N–H and O–H groups in total. The van der Waals surface area contributed by atoms with E-state index in [2.05, 4.69) is 34.3 Å². The maximum atomic E-state index is 2.33. The molecule has 0 spiro atoms. The molecule has 4 aromatic rings. The molecule has 0 aliphatic heterocycles. The van der Waals surface area contributed by atoms with Gasteiger partial charge in [-0.05, 0) is 29.0 Å². The monoisotopic (exact) mass is 278 g/mol. The summed E-state index contributed by atoms with van der Waals surface area (Å²) in [5, 5.41) is 6.64. The minimum absolute atomic E-state index is 1.41. The Bertz CT molecular complexity index is 736. The number of rotatable bonds is 1. The first-order valence-corrected chi connectivity index (χ1v) is 8.29. The predicted molar refractivity (Wildman–Crippen MR) is 78.4 cm³/mol. The van der Waals surface area contributed by atoms with Crippen molar-refractivity contribution in [1.29, 1.82) is 0 Å². The lowest BCUT2D eigenvalue weighted by Gasteiger charge is -1.89. The summed E-state index contributed by atoms with van der Waals surface area (Å²) < 4.78 is 5.68. The maximum absolute atomic E-state index is 2.33. The second kappa shape index (κ2) is 3.40. The molecule has 4 aromatic heterocycles. The fraction of sp³-hybridized carbons (Fsp3) is 0. The molecule has 0 atom stereocenters. The van der Waals surface area contributed by atoms with Gasteiger partial charge in [0.2, 0.25) is 0 Å². The largest absolute Gasteiger partial charge is 0.143 e. The van der Waals surface area contributed by atoms with Crippen LogP contribution in [0.2, 0.25) is 0 Å². The first kappa shape index (κ1) is 9.36. The van der Waals surface area contributed by atoms with E-state index in [4.69, 9.17) is 0 Å². The minimum atomic E-state index is 1.41. The zero-order chi connectivity index (χ0) is 10.5. The van der Waals surface area contributed by atoms with E-state index in [1.807, 2.05) is 45.3 Å². The lowest BCUT2D eigenvalue weighted by Crippen LogP contribution is -1.61.